The predicted molar refractivity (Wildman–Crippen MR) is 86.6 cm³/mol. The Morgan fingerprint density at radius 3 is 2.73 bits per heavy atom. The van der Waals surface area contributed by atoms with E-state index < -0.39 is 0 Å². The molecule has 0 spiro atoms. The van der Waals surface area contributed by atoms with Gasteiger partial charge >= 0.3 is 0 Å². The average molecular weight is 316 g/mol. The molecule has 8 heteroatoms. The summed E-state index contributed by atoms with van der Waals surface area (Å²) in [5, 5.41) is 7.47. The topological polar surface area (TPSA) is 94.1 Å². The molecule has 6 nitrogen and oxygen atoms in total. The quantitative estimate of drug-likeness (QED) is 0.440. The van der Waals surface area contributed by atoms with E-state index >= 15 is 0 Å². The third-order valence-corrected chi connectivity index (χ3v) is 3.85. The van der Waals surface area contributed by atoms with E-state index in [0.717, 1.165) is 21.1 Å². The summed E-state index contributed by atoms with van der Waals surface area (Å²) >= 11 is 1.56. The van der Waals surface area contributed by atoms with E-state index in [-0.39, 0.29) is 11.8 Å². The van der Waals surface area contributed by atoms with Crippen molar-refractivity contribution in [2.75, 3.05) is 0 Å². The van der Waals surface area contributed by atoms with Crippen molar-refractivity contribution in [3.63, 3.8) is 0 Å². The van der Waals surface area contributed by atoms with Crippen LogP contribution < -0.4 is 11.5 Å². The monoisotopic (exact) mass is 316 g/mol. The second kappa shape index (κ2) is 5.57. The summed E-state index contributed by atoms with van der Waals surface area (Å²) in [7, 11) is 0. The minimum Gasteiger partial charge on any atom is -0.369 e. The molecule has 3 aromatic rings. The van der Waals surface area contributed by atoms with Crippen LogP contribution in [0, 0.1) is 12.7 Å². The van der Waals surface area contributed by atoms with Gasteiger partial charge < -0.3 is 11.5 Å². The van der Waals surface area contributed by atoms with Crippen molar-refractivity contribution >= 4 is 28.5 Å². The van der Waals surface area contributed by atoms with Crippen molar-refractivity contribution in [2.24, 2.45) is 21.7 Å². The Hall–Kier alpha value is -2.74. The molecule has 1 aromatic carbocycles. The lowest BCUT2D eigenvalue weighted by Crippen LogP contribution is -2.21. The van der Waals surface area contributed by atoms with Crippen LogP contribution in [-0.2, 0) is 0 Å². The first-order chi connectivity index (χ1) is 10.5. The number of thiazole rings is 1. The zero-order valence-corrected chi connectivity index (χ0v) is 12.5. The molecule has 22 heavy (non-hydrogen) atoms. The molecule has 0 saturated heterocycles. The highest BCUT2D eigenvalue weighted by Crippen LogP contribution is 2.27. The van der Waals surface area contributed by atoms with Gasteiger partial charge in [0, 0.05) is 16.6 Å². The fourth-order valence-corrected chi connectivity index (χ4v) is 2.90. The number of fused-ring (bicyclic) bond motifs is 1. The van der Waals surface area contributed by atoms with Crippen molar-refractivity contribution < 1.29 is 4.39 Å². The lowest BCUT2D eigenvalue weighted by molar-refractivity contribution is 0.628. The van der Waals surface area contributed by atoms with Gasteiger partial charge in [0.25, 0.3) is 0 Å². The van der Waals surface area contributed by atoms with E-state index in [0.29, 0.717) is 5.69 Å². The largest absolute Gasteiger partial charge is 0.369 e. The Labute approximate surface area is 129 Å². The van der Waals surface area contributed by atoms with Crippen molar-refractivity contribution in [1.29, 1.82) is 0 Å². The van der Waals surface area contributed by atoms with Gasteiger partial charge in [-0.25, -0.2) is 9.37 Å². The number of benzene rings is 1. The summed E-state index contributed by atoms with van der Waals surface area (Å²) in [5.74, 6) is -0.418. The Balaban J connectivity index is 2.16. The van der Waals surface area contributed by atoms with Crippen LogP contribution in [0.2, 0.25) is 0 Å². The third kappa shape index (κ3) is 2.68. The molecule has 0 aliphatic carbocycles. The van der Waals surface area contributed by atoms with Crippen molar-refractivity contribution in [3.05, 3.63) is 46.9 Å². The molecule has 3 rings (SSSR count). The van der Waals surface area contributed by atoms with Gasteiger partial charge in [0.15, 0.2) is 4.96 Å². The smallest absolute Gasteiger partial charge is 0.211 e. The molecule has 0 saturated carbocycles. The standard InChI is InChI=1S/C14H13FN6S/c1-8-7-21-11(6-18-20-13(16)17)12(19-14(21)22-8)9-2-4-10(15)5-3-9/h2-7H,1H3,(H4,16,17,20)/b18-6-. The summed E-state index contributed by atoms with van der Waals surface area (Å²) in [6.45, 7) is 1.99. The van der Waals surface area contributed by atoms with Crippen molar-refractivity contribution in [2.45, 2.75) is 6.92 Å². The normalized spacial score (nSPS) is 11.4. The molecule has 0 amide bonds. The van der Waals surface area contributed by atoms with Crippen LogP contribution in [0.4, 0.5) is 4.39 Å². The third-order valence-electron chi connectivity index (χ3n) is 2.95. The number of imidazole rings is 1. The molecule has 0 aliphatic rings. The molecule has 2 aromatic heterocycles. The maximum atomic E-state index is 13.1. The van der Waals surface area contributed by atoms with Crippen LogP contribution in [0.5, 0.6) is 0 Å². The summed E-state index contributed by atoms with van der Waals surface area (Å²) in [4.78, 5) is 6.53. The van der Waals surface area contributed by atoms with Crippen LogP contribution in [0.15, 0.2) is 40.7 Å². The van der Waals surface area contributed by atoms with Crippen LogP contribution in [0.3, 0.4) is 0 Å². The summed E-state index contributed by atoms with van der Waals surface area (Å²) < 4.78 is 15.0. The van der Waals surface area contributed by atoms with Crippen LogP contribution >= 0.6 is 11.3 Å². The number of nitrogens with two attached hydrogens (primary N) is 2. The SMILES string of the molecule is Cc1cn2c(/C=N\N=C(N)N)c(-c3ccc(F)cc3)nc2s1. The van der Waals surface area contributed by atoms with Crippen molar-refractivity contribution in [3.8, 4) is 11.3 Å². The molecule has 0 fully saturated rings. The van der Waals surface area contributed by atoms with Gasteiger partial charge in [0.05, 0.1) is 17.6 Å². The van der Waals surface area contributed by atoms with E-state index in [4.69, 9.17) is 11.5 Å². The highest BCUT2D eigenvalue weighted by molar-refractivity contribution is 7.17. The lowest BCUT2D eigenvalue weighted by atomic mass is 10.1. The van der Waals surface area contributed by atoms with Gasteiger partial charge in [-0.15, -0.1) is 16.4 Å². The van der Waals surface area contributed by atoms with Gasteiger partial charge in [-0.2, -0.15) is 5.10 Å². The molecule has 0 atom stereocenters. The lowest BCUT2D eigenvalue weighted by Gasteiger charge is -1.99. The first-order valence-electron chi connectivity index (χ1n) is 6.41. The molecular formula is C14H13FN6S. The van der Waals surface area contributed by atoms with Crippen LogP contribution in [0.1, 0.15) is 10.6 Å². The summed E-state index contributed by atoms with van der Waals surface area (Å²) in [5.41, 5.74) is 12.8. The number of hydrogen-bond acceptors (Lipinski definition) is 4. The minimum absolute atomic E-state index is 0.123. The van der Waals surface area contributed by atoms with E-state index in [1.807, 2.05) is 17.5 Å². The van der Waals surface area contributed by atoms with Crippen molar-refractivity contribution in [1.82, 2.24) is 9.38 Å². The number of nitrogens with zero attached hydrogens (tertiary/aromatic N) is 4. The molecule has 0 bridgehead atoms. The van der Waals surface area contributed by atoms with Gasteiger partial charge in [0.1, 0.15) is 5.82 Å². The molecule has 0 aliphatic heterocycles. The molecule has 2 heterocycles. The number of hydrogen-bond donors (Lipinski definition) is 2. The number of halogens is 1. The zero-order chi connectivity index (χ0) is 15.7. The van der Waals surface area contributed by atoms with E-state index in [2.05, 4.69) is 15.2 Å². The van der Waals surface area contributed by atoms with Gasteiger partial charge in [-0.1, -0.05) is 0 Å². The highest BCUT2D eigenvalue weighted by Gasteiger charge is 2.14. The molecular weight excluding hydrogens is 303 g/mol. The predicted octanol–water partition coefficient (Wildman–Crippen LogP) is 2.12. The van der Waals surface area contributed by atoms with Gasteiger partial charge in [0.2, 0.25) is 5.96 Å². The fraction of sp³-hybridized carbons (Fsp3) is 0.0714. The van der Waals surface area contributed by atoms with Gasteiger partial charge in [-0.05, 0) is 31.2 Å². The van der Waals surface area contributed by atoms with Crippen LogP contribution in [-0.4, -0.2) is 21.6 Å². The van der Waals surface area contributed by atoms with Gasteiger partial charge in [-0.3, -0.25) is 4.40 Å². The Kier molecular flexibility index (Phi) is 3.60. The number of guanidine groups is 1. The maximum Gasteiger partial charge on any atom is 0.211 e. The number of rotatable bonds is 3. The van der Waals surface area contributed by atoms with Crippen LogP contribution in [0.25, 0.3) is 16.2 Å². The first-order valence-corrected chi connectivity index (χ1v) is 7.22. The second-order valence-electron chi connectivity index (χ2n) is 4.62. The van der Waals surface area contributed by atoms with E-state index in [1.54, 1.807) is 23.5 Å². The molecule has 4 N–H and O–H groups in total. The second-order valence-corrected chi connectivity index (χ2v) is 5.83. The fourth-order valence-electron chi connectivity index (χ4n) is 2.07. The number of aryl methyl sites for hydroxylation is 1. The average Bonchev–Trinajstić information content (AvgIpc) is 2.97. The van der Waals surface area contributed by atoms with E-state index in [9.17, 15) is 4.39 Å². The maximum absolute atomic E-state index is 13.1. The Morgan fingerprint density at radius 1 is 1.32 bits per heavy atom. The summed E-state index contributed by atoms with van der Waals surface area (Å²) in [6.07, 6.45) is 3.49. The Morgan fingerprint density at radius 2 is 2.05 bits per heavy atom. The molecule has 0 unspecified atom stereocenters. The Bertz CT molecular complexity index is 871. The highest BCUT2D eigenvalue weighted by atomic mass is 32.1. The summed E-state index contributed by atoms with van der Waals surface area (Å²) in [6, 6.07) is 6.13. The first kappa shape index (κ1) is 14.2. The number of aromatic nitrogens is 2. The van der Waals surface area contributed by atoms with E-state index in [1.165, 1.54) is 18.3 Å². The zero-order valence-electron chi connectivity index (χ0n) is 11.7. The molecule has 112 valence electrons. The molecule has 0 radical (unpaired) electrons. The minimum atomic E-state index is -0.295.